The van der Waals surface area contributed by atoms with Gasteiger partial charge in [-0.2, -0.15) is 5.10 Å². The molecule has 2 atom stereocenters. The first-order chi connectivity index (χ1) is 9.61. The van der Waals surface area contributed by atoms with Crippen molar-refractivity contribution < 1.29 is 4.79 Å². The van der Waals surface area contributed by atoms with E-state index in [4.69, 9.17) is 0 Å². The highest BCUT2D eigenvalue weighted by Gasteiger charge is 2.34. The van der Waals surface area contributed by atoms with E-state index in [9.17, 15) is 4.79 Å². The normalized spacial score (nSPS) is 20.4. The zero-order valence-electron chi connectivity index (χ0n) is 13.4. The van der Waals surface area contributed by atoms with E-state index in [0.29, 0.717) is 6.54 Å². The Morgan fingerprint density at radius 2 is 2.23 bits per heavy atom. The maximum absolute atomic E-state index is 12.3. The average Bonchev–Trinajstić information content (AvgIpc) is 3.06. The summed E-state index contributed by atoms with van der Waals surface area (Å²) in [6.45, 7) is 6.30. The van der Waals surface area contributed by atoms with Gasteiger partial charge in [0.25, 0.3) is 0 Å². The van der Waals surface area contributed by atoms with E-state index in [1.165, 1.54) is 0 Å². The van der Waals surface area contributed by atoms with Gasteiger partial charge in [-0.3, -0.25) is 9.48 Å². The zero-order chi connectivity index (χ0) is 14.5. The number of aromatic nitrogens is 2. The Bertz CT molecular complexity index is 454. The molecule has 0 saturated carbocycles. The van der Waals surface area contributed by atoms with Gasteiger partial charge in [0, 0.05) is 45.3 Å². The topological polar surface area (TPSA) is 62.2 Å². The molecule has 6 nitrogen and oxygen atoms in total. The SMILES string of the molecule is CCN(C)CCNC(=O)[C@H]1CNC[C@@H]1c1cnn(C)c1.Cl.Cl. The fourth-order valence-electron chi connectivity index (χ4n) is 2.60. The van der Waals surface area contributed by atoms with E-state index in [1.807, 2.05) is 19.4 Å². The lowest BCUT2D eigenvalue weighted by Gasteiger charge is -2.19. The maximum Gasteiger partial charge on any atom is 0.225 e. The van der Waals surface area contributed by atoms with Crippen LogP contribution >= 0.6 is 24.8 Å². The number of likely N-dealkylation sites (N-methyl/N-ethyl adjacent to an activating group) is 1. The summed E-state index contributed by atoms with van der Waals surface area (Å²) in [7, 11) is 3.96. The monoisotopic (exact) mass is 351 g/mol. The van der Waals surface area contributed by atoms with Crippen molar-refractivity contribution in [3.63, 3.8) is 0 Å². The van der Waals surface area contributed by atoms with Crippen LogP contribution < -0.4 is 10.6 Å². The molecule has 1 fully saturated rings. The summed E-state index contributed by atoms with van der Waals surface area (Å²) in [5.41, 5.74) is 1.14. The largest absolute Gasteiger partial charge is 0.355 e. The number of carbonyl (C=O) groups is 1. The second-order valence-corrected chi connectivity index (χ2v) is 5.51. The molecule has 1 aromatic rings. The molecule has 1 aliphatic rings. The van der Waals surface area contributed by atoms with Crippen molar-refractivity contribution in [3.8, 4) is 0 Å². The van der Waals surface area contributed by atoms with Crippen molar-refractivity contribution in [1.82, 2.24) is 25.3 Å². The van der Waals surface area contributed by atoms with Crippen LogP contribution in [0.3, 0.4) is 0 Å². The summed E-state index contributed by atoms with van der Waals surface area (Å²) in [6.07, 6.45) is 3.87. The van der Waals surface area contributed by atoms with E-state index >= 15 is 0 Å². The Kier molecular flexibility index (Phi) is 9.67. The van der Waals surface area contributed by atoms with Crippen LogP contribution in [-0.2, 0) is 11.8 Å². The quantitative estimate of drug-likeness (QED) is 0.789. The standard InChI is InChI=1S/C14H25N5O.2ClH/c1-4-18(2)6-5-16-14(20)13-9-15-8-12(13)11-7-17-19(3)10-11;;/h7,10,12-13,15H,4-6,8-9H2,1-3H3,(H,16,20);2*1H/t12-,13+;;/m1../s1. The fourth-order valence-corrected chi connectivity index (χ4v) is 2.60. The Hall–Kier alpha value is -0.820. The van der Waals surface area contributed by atoms with Gasteiger partial charge in [0.2, 0.25) is 5.91 Å². The summed E-state index contributed by atoms with van der Waals surface area (Å²) in [4.78, 5) is 14.5. The average molecular weight is 352 g/mol. The first kappa shape index (κ1) is 21.2. The minimum atomic E-state index is 0. The molecule has 0 aliphatic carbocycles. The summed E-state index contributed by atoms with van der Waals surface area (Å²) in [6, 6.07) is 0. The number of rotatable bonds is 6. The molecule has 8 heteroatoms. The van der Waals surface area contributed by atoms with Crippen molar-refractivity contribution in [2.24, 2.45) is 13.0 Å². The molecule has 0 radical (unpaired) electrons. The van der Waals surface area contributed by atoms with Crippen LogP contribution in [0, 0.1) is 5.92 Å². The highest BCUT2D eigenvalue weighted by molar-refractivity contribution is 5.85. The van der Waals surface area contributed by atoms with Gasteiger partial charge in [-0.25, -0.2) is 0 Å². The minimum Gasteiger partial charge on any atom is -0.355 e. The van der Waals surface area contributed by atoms with Gasteiger partial charge < -0.3 is 15.5 Å². The molecule has 22 heavy (non-hydrogen) atoms. The summed E-state index contributed by atoms with van der Waals surface area (Å²) in [5.74, 6) is 0.382. The molecule has 1 amide bonds. The number of hydrogen-bond acceptors (Lipinski definition) is 4. The van der Waals surface area contributed by atoms with Crippen molar-refractivity contribution in [3.05, 3.63) is 18.0 Å². The van der Waals surface area contributed by atoms with Crippen LogP contribution in [-0.4, -0.2) is 60.4 Å². The molecule has 1 aliphatic heterocycles. The minimum absolute atomic E-state index is 0. The number of amides is 1. The molecule has 1 saturated heterocycles. The van der Waals surface area contributed by atoms with Crippen LogP contribution in [0.2, 0.25) is 0 Å². The van der Waals surface area contributed by atoms with E-state index in [0.717, 1.165) is 31.7 Å². The second kappa shape index (κ2) is 10.0. The highest BCUT2D eigenvalue weighted by atomic mass is 35.5. The lowest BCUT2D eigenvalue weighted by molar-refractivity contribution is -0.124. The van der Waals surface area contributed by atoms with Gasteiger partial charge >= 0.3 is 0 Å². The van der Waals surface area contributed by atoms with Gasteiger partial charge in [0.05, 0.1) is 12.1 Å². The molecule has 1 aromatic heterocycles. The van der Waals surface area contributed by atoms with E-state index < -0.39 is 0 Å². The van der Waals surface area contributed by atoms with Crippen LogP contribution in [0.4, 0.5) is 0 Å². The van der Waals surface area contributed by atoms with Crippen LogP contribution in [0.15, 0.2) is 12.4 Å². The van der Waals surface area contributed by atoms with E-state index in [-0.39, 0.29) is 42.6 Å². The Morgan fingerprint density at radius 1 is 1.50 bits per heavy atom. The third-order valence-electron chi connectivity index (χ3n) is 4.04. The van der Waals surface area contributed by atoms with Gasteiger partial charge in [-0.15, -0.1) is 24.8 Å². The lowest BCUT2D eigenvalue weighted by Crippen LogP contribution is -2.38. The first-order valence-corrected chi connectivity index (χ1v) is 7.27. The number of carbonyl (C=O) groups excluding carboxylic acids is 1. The predicted octanol–water partition coefficient (Wildman–Crippen LogP) is 0.635. The number of hydrogen-bond donors (Lipinski definition) is 2. The third-order valence-corrected chi connectivity index (χ3v) is 4.04. The lowest BCUT2D eigenvalue weighted by atomic mass is 9.90. The Balaban J connectivity index is 0.00000220. The van der Waals surface area contributed by atoms with Crippen molar-refractivity contribution in [1.29, 1.82) is 0 Å². The molecular formula is C14H27Cl2N5O. The second-order valence-electron chi connectivity index (χ2n) is 5.51. The molecule has 2 rings (SSSR count). The van der Waals surface area contributed by atoms with Crippen molar-refractivity contribution >= 4 is 30.7 Å². The fraction of sp³-hybridized carbons (Fsp3) is 0.714. The van der Waals surface area contributed by atoms with Crippen molar-refractivity contribution in [2.75, 3.05) is 39.8 Å². The molecule has 0 bridgehead atoms. The number of aryl methyl sites for hydroxylation is 1. The summed E-state index contributed by atoms with van der Waals surface area (Å²) >= 11 is 0. The van der Waals surface area contributed by atoms with Gasteiger partial charge in [-0.05, 0) is 19.2 Å². The summed E-state index contributed by atoms with van der Waals surface area (Å²) < 4.78 is 1.79. The molecule has 0 spiro atoms. The number of nitrogens with one attached hydrogen (secondary N) is 2. The molecule has 128 valence electrons. The predicted molar refractivity (Wildman–Crippen MR) is 93.0 cm³/mol. The van der Waals surface area contributed by atoms with Gasteiger partial charge in [0.15, 0.2) is 0 Å². The van der Waals surface area contributed by atoms with Gasteiger partial charge in [-0.1, -0.05) is 6.92 Å². The van der Waals surface area contributed by atoms with Gasteiger partial charge in [0.1, 0.15) is 0 Å². The number of nitrogens with zero attached hydrogens (tertiary/aromatic N) is 3. The molecule has 2 N–H and O–H groups in total. The van der Waals surface area contributed by atoms with E-state index in [1.54, 1.807) is 4.68 Å². The smallest absolute Gasteiger partial charge is 0.225 e. The van der Waals surface area contributed by atoms with Crippen molar-refractivity contribution in [2.45, 2.75) is 12.8 Å². The number of halogens is 2. The third kappa shape index (κ3) is 5.43. The highest BCUT2D eigenvalue weighted by Crippen LogP contribution is 2.27. The van der Waals surface area contributed by atoms with Crippen LogP contribution in [0.1, 0.15) is 18.4 Å². The molecule has 0 unspecified atom stereocenters. The molecule has 0 aromatic carbocycles. The van der Waals surface area contributed by atoms with E-state index in [2.05, 4.69) is 34.6 Å². The zero-order valence-corrected chi connectivity index (χ0v) is 15.0. The molecular weight excluding hydrogens is 325 g/mol. The van der Waals surface area contributed by atoms with Crippen LogP contribution in [0.5, 0.6) is 0 Å². The first-order valence-electron chi connectivity index (χ1n) is 7.27. The Labute approximate surface area is 144 Å². The maximum atomic E-state index is 12.3. The van der Waals surface area contributed by atoms with Crippen LogP contribution in [0.25, 0.3) is 0 Å². The molecule has 2 heterocycles. The Morgan fingerprint density at radius 3 is 2.82 bits per heavy atom. The summed E-state index contributed by atoms with van der Waals surface area (Å²) in [5, 5.41) is 10.6.